The van der Waals surface area contributed by atoms with Crippen molar-refractivity contribution in [2.24, 2.45) is 4.99 Å². The van der Waals surface area contributed by atoms with E-state index in [1.807, 2.05) is 72.0 Å². The Kier molecular flexibility index (Phi) is 10.7. The first-order valence-corrected chi connectivity index (χ1v) is 23.9. The van der Waals surface area contributed by atoms with E-state index in [9.17, 15) is 0 Å². The first-order chi connectivity index (χ1) is 34.1. The SMILES string of the molecule is C=N/C(=C(\C=C(/C)c1cc(-c2ccccc2)ccc1-c1ccccc1)c1nc(-c2ccccc2)nc(-c2ccccc2)n1)c1ccc2sc3ccc4c(c5ccccc5n4-c4ccccc4)c3c2c1. The lowest BCUT2D eigenvalue weighted by Gasteiger charge is -2.16. The number of hydrogen-bond acceptors (Lipinski definition) is 5. The largest absolute Gasteiger partial charge is 0.309 e. The van der Waals surface area contributed by atoms with Gasteiger partial charge in [0, 0.05) is 58.9 Å². The summed E-state index contributed by atoms with van der Waals surface area (Å²) in [6, 6.07) is 78.7. The van der Waals surface area contributed by atoms with E-state index >= 15 is 0 Å². The zero-order chi connectivity index (χ0) is 46.3. The summed E-state index contributed by atoms with van der Waals surface area (Å²) in [4.78, 5) is 20.7. The van der Waals surface area contributed by atoms with Crippen LogP contribution in [0.25, 0.3) is 110 Å². The Hall–Kier alpha value is -8.84. The van der Waals surface area contributed by atoms with Gasteiger partial charge in [0.15, 0.2) is 17.5 Å². The van der Waals surface area contributed by atoms with Crippen LogP contribution in [-0.4, -0.2) is 26.2 Å². The van der Waals surface area contributed by atoms with Crippen molar-refractivity contribution in [2.75, 3.05) is 0 Å². The average Bonchev–Trinajstić information content (AvgIpc) is 3.97. The summed E-state index contributed by atoms with van der Waals surface area (Å²) in [5.74, 6) is 1.63. The second-order valence-corrected chi connectivity index (χ2v) is 18.2. The molecule has 12 rings (SSSR count). The minimum Gasteiger partial charge on any atom is -0.309 e. The predicted octanol–water partition coefficient (Wildman–Crippen LogP) is 16.7. The Bertz CT molecular complexity index is 3890. The molecule has 69 heavy (non-hydrogen) atoms. The molecule has 0 unspecified atom stereocenters. The Labute approximate surface area is 404 Å². The number of benzene rings is 9. The molecule has 6 heteroatoms. The summed E-state index contributed by atoms with van der Waals surface area (Å²) in [5, 5.41) is 4.82. The smallest absolute Gasteiger partial charge is 0.166 e. The van der Waals surface area contributed by atoms with Gasteiger partial charge in [-0.15, -0.1) is 11.3 Å². The second-order valence-electron chi connectivity index (χ2n) is 17.1. The van der Waals surface area contributed by atoms with Crippen LogP contribution in [-0.2, 0) is 0 Å². The van der Waals surface area contributed by atoms with Gasteiger partial charge < -0.3 is 4.57 Å². The van der Waals surface area contributed by atoms with Crippen LogP contribution in [0.4, 0.5) is 0 Å². The molecular formula is C63H43N5S. The second kappa shape index (κ2) is 17.8. The third kappa shape index (κ3) is 7.63. The lowest BCUT2D eigenvalue weighted by molar-refractivity contribution is 1.04. The molecule has 9 aromatic carbocycles. The molecule has 0 N–H and O–H groups in total. The van der Waals surface area contributed by atoms with Gasteiger partial charge in [-0.25, -0.2) is 15.0 Å². The van der Waals surface area contributed by atoms with Crippen LogP contribution in [0.5, 0.6) is 0 Å². The fraction of sp³-hybridized carbons (Fsp3) is 0.0159. The summed E-state index contributed by atoms with van der Waals surface area (Å²) in [6.45, 7) is 6.46. The van der Waals surface area contributed by atoms with Crippen molar-refractivity contribution >= 4 is 76.9 Å². The molecular weight excluding hydrogens is 859 g/mol. The van der Waals surface area contributed by atoms with Crippen molar-refractivity contribution in [3.8, 4) is 50.7 Å². The normalized spacial score (nSPS) is 12.2. The van der Waals surface area contributed by atoms with E-state index in [0.29, 0.717) is 23.2 Å². The third-order valence-corrected chi connectivity index (χ3v) is 14.0. The summed E-state index contributed by atoms with van der Waals surface area (Å²) in [6.07, 6.45) is 2.20. The number of thiophene rings is 1. The van der Waals surface area contributed by atoms with E-state index in [4.69, 9.17) is 19.9 Å². The minimum atomic E-state index is 0.494. The monoisotopic (exact) mass is 901 g/mol. The maximum Gasteiger partial charge on any atom is 0.166 e. The molecule has 0 aliphatic carbocycles. The molecule has 0 aliphatic rings. The molecule has 3 aromatic heterocycles. The molecule has 5 nitrogen and oxygen atoms in total. The van der Waals surface area contributed by atoms with Crippen LogP contribution >= 0.6 is 11.3 Å². The van der Waals surface area contributed by atoms with Crippen molar-refractivity contribution in [1.29, 1.82) is 0 Å². The minimum absolute atomic E-state index is 0.494. The van der Waals surface area contributed by atoms with Crippen LogP contribution in [0, 0.1) is 0 Å². The molecule has 0 amide bonds. The molecule has 0 saturated carbocycles. The van der Waals surface area contributed by atoms with Gasteiger partial charge in [0.25, 0.3) is 0 Å². The van der Waals surface area contributed by atoms with Gasteiger partial charge in [0.2, 0.25) is 0 Å². The number of rotatable bonds is 10. The van der Waals surface area contributed by atoms with Gasteiger partial charge >= 0.3 is 0 Å². The van der Waals surface area contributed by atoms with E-state index in [1.54, 1.807) is 0 Å². The molecule has 0 saturated heterocycles. The van der Waals surface area contributed by atoms with E-state index in [1.165, 1.54) is 31.1 Å². The molecule has 0 bridgehead atoms. The van der Waals surface area contributed by atoms with E-state index in [-0.39, 0.29) is 0 Å². The molecule has 3 heterocycles. The number of allylic oxidation sites excluding steroid dienone is 3. The van der Waals surface area contributed by atoms with Crippen LogP contribution in [0.15, 0.2) is 236 Å². The average molecular weight is 902 g/mol. The van der Waals surface area contributed by atoms with Crippen molar-refractivity contribution in [1.82, 2.24) is 19.5 Å². The summed E-state index contributed by atoms with van der Waals surface area (Å²) >= 11 is 1.81. The third-order valence-electron chi connectivity index (χ3n) is 12.9. The summed E-state index contributed by atoms with van der Waals surface area (Å²) in [5.41, 5.74) is 14.1. The fourth-order valence-corrected chi connectivity index (χ4v) is 10.8. The Balaban J connectivity index is 1.14. The summed E-state index contributed by atoms with van der Waals surface area (Å²) in [7, 11) is 0. The number of nitrogens with zero attached hydrogens (tertiary/aromatic N) is 5. The van der Waals surface area contributed by atoms with E-state index in [0.717, 1.165) is 72.2 Å². The molecule has 0 atom stereocenters. The number of para-hydroxylation sites is 2. The first-order valence-electron chi connectivity index (χ1n) is 23.1. The topological polar surface area (TPSA) is 56.0 Å². The van der Waals surface area contributed by atoms with Gasteiger partial charge in [-0.2, -0.15) is 0 Å². The number of hydrogen-bond donors (Lipinski definition) is 0. The lowest BCUT2D eigenvalue weighted by atomic mass is 9.90. The van der Waals surface area contributed by atoms with E-state index < -0.39 is 0 Å². The first kappa shape index (κ1) is 41.6. The fourth-order valence-electron chi connectivity index (χ4n) is 9.67. The van der Waals surface area contributed by atoms with Crippen molar-refractivity contribution in [3.05, 3.63) is 247 Å². The summed E-state index contributed by atoms with van der Waals surface area (Å²) < 4.78 is 4.80. The predicted molar refractivity (Wildman–Crippen MR) is 292 cm³/mol. The Morgan fingerprint density at radius 1 is 0.493 bits per heavy atom. The van der Waals surface area contributed by atoms with Gasteiger partial charge in [-0.05, 0) is 102 Å². The van der Waals surface area contributed by atoms with Gasteiger partial charge in [-0.3, -0.25) is 4.99 Å². The van der Waals surface area contributed by atoms with Crippen LogP contribution in [0.3, 0.4) is 0 Å². The molecule has 326 valence electrons. The van der Waals surface area contributed by atoms with Crippen molar-refractivity contribution in [3.63, 3.8) is 0 Å². The number of fused-ring (bicyclic) bond motifs is 7. The lowest BCUT2D eigenvalue weighted by Crippen LogP contribution is -2.04. The Morgan fingerprint density at radius 3 is 1.72 bits per heavy atom. The highest BCUT2D eigenvalue weighted by molar-refractivity contribution is 7.26. The zero-order valence-corrected chi connectivity index (χ0v) is 38.6. The number of aromatic nitrogens is 4. The van der Waals surface area contributed by atoms with Gasteiger partial charge in [0.05, 0.1) is 16.7 Å². The van der Waals surface area contributed by atoms with Crippen LogP contribution < -0.4 is 0 Å². The van der Waals surface area contributed by atoms with E-state index in [2.05, 4.69) is 188 Å². The molecule has 0 aliphatic heterocycles. The quantitative estimate of drug-likeness (QED) is 0.101. The van der Waals surface area contributed by atoms with Crippen molar-refractivity contribution < 1.29 is 0 Å². The van der Waals surface area contributed by atoms with Crippen LogP contribution in [0.1, 0.15) is 23.9 Å². The zero-order valence-electron chi connectivity index (χ0n) is 37.8. The molecule has 0 spiro atoms. The van der Waals surface area contributed by atoms with Gasteiger partial charge in [0.1, 0.15) is 0 Å². The highest BCUT2D eigenvalue weighted by Gasteiger charge is 2.22. The molecule has 0 radical (unpaired) electrons. The molecule has 0 fully saturated rings. The maximum absolute atomic E-state index is 5.31. The standard InChI is InChI=1S/C63H43N5S/c1-41(51-39-46(42-20-8-3-9-21-42)32-34-49(51)43-22-10-4-11-23-43)38-53(63-66-61(44-24-12-5-13-25-44)65-62(67-63)45-26-14-6-15-27-45)60(64-2)47-33-36-56-52(40-47)59-57(69-56)37-35-55-58(59)50-30-18-19-31-54(50)68(55)48-28-16-7-17-29-48/h3-40H,2H2,1H3/b41-38+,60-53+. The Morgan fingerprint density at radius 2 is 1.07 bits per heavy atom. The van der Waals surface area contributed by atoms with Crippen LogP contribution in [0.2, 0.25) is 0 Å². The molecule has 12 aromatic rings. The maximum atomic E-state index is 5.31. The number of aliphatic imine (C=N–C) groups is 1. The highest BCUT2D eigenvalue weighted by Crippen LogP contribution is 2.45. The van der Waals surface area contributed by atoms with Gasteiger partial charge in [-0.1, -0.05) is 176 Å². The van der Waals surface area contributed by atoms with Crippen molar-refractivity contribution in [2.45, 2.75) is 6.92 Å². The highest BCUT2D eigenvalue weighted by atomic mass is 32.1.